The topological polar surface area (TPSA) is 84.3 Å². The van der Waals surface area contributed by atoms with Gasteiger partial charge in [0, 0.05) is 31.5 Å². The minimum Gasteiger partial charge on any atom is -0.476 e. The Labute approximate surface area is 92.7 Å². The summed E-state index contributed by atoms with van der Waals surface area (Å²) in [5.41, 5.74) is -0.0404. The van der Waals surface area contributed by atoms with Crippen LogP contribution in [0.5, 0.6) is 0 Å². The van der Waals surface area contributed by atoms with Crippen molar-refractivity contribution >= 4 is 11.8 Å². The van der Waals surface area contributed by atoms with Gasteiger partial charge in [-0.1, -0.05) is 0 Å². The van der Waals surface area contributed by atoms with Gasteiger partial charge in [0.25, 0.3) is 0 Å². The molecule has 0 aromatic carbocycles. The lowest BCUT2D eigenvalue weighted by Crippen LogP contribution is -2.17. The Balaban J connectivity index is 2.00. The first-order chi connectivity index (χ1) is 7.77. The normalized spacial score (nSPS) is 19.6. The summed E-state index contributed by atoms with van der Waals surface area (Å²) in [6, 6.07) is 0. The molecular weight excluding hydrogens is 210 g/mol. The van der Waals surface area contributed by atoms with Gasteiger partial charge >= 0.3 is 5.97 Å². The highest BCUT2D eigenvalue weighted by atomic mass is 16.5. The van der Waals surface area contributed by atoms with Gasteiger partial charge in [0.05, 0.1) is 6.61 Å². The summed E-state index contributed by atoms with van der Waals surface area (Å²) >= 11 is 0. The van der Waals surface area contributed by atoms with Gasteiger partial charge in [0.1, 0.15) is 0 Å². The molecule has 2 N–H and O–H groups in total. The number of rotatable bonds is 4. The van der Waals surface area contributed by atoms with Gasteiger partial charge in [-0.25, -0.2) is 14.8 Å². The highest BCUT2D eigenvalue weighted by Gasteiger charge is 2.17. The maximum atomic E-state index is 10.9. The third kappa shape index (κ3) is 2.46. The van der Waals surface area contributed by atoms with Gasteiger partial charge in [0.15, 0.2) is 11.5 Å². The molecule has 0 bridgehead atoms. The maximum Gasteiger partial charge on any atom is 0.358 e. The molecule has 1 aromatic rings. The maximum absolute atomic E-state index is 10.9. The third-order valence-corrected chi connectivity index (χ3v) is 2.48. The number of nitrogens with one attached hydrogen (secondary N) is 1. The fraction of sp³-hybridized carbons (Fsp3) is 0.500. The van der Waals surface area contributed by atoms with E-state index in [1.807, 2.05) is 0 Å². The summed E-state index contributed by atoms with van der Waals surface area (Å²) < 4.78 is 5.23. The Morgan fingerprint density at radius 3 is 3.06 bits per heavy atom. The molecule has 16 heavy (non-hydrogen) atoms. The average molecular weight is 223 g/mol. The van der Waals surface area contributed by atoms with Crippen LogP contribution < -0.4 is 5.32 Å². The Bertz CT molecular complexity index is 377. The second kappa shape index (κ2) is 4.89. The van der Waals surface area contributed by atoms with Crippen LogP contribution in [-0.4, -0.2) is 40.8 Å². The summed E-state index contributed by atoms with van der Waals surface area (Å²) in [6.07, 6.45) is 3.84. The summed E-state index contributed by atoms with van der Waals surface area (Å²) in [5, 5.41) is 11.9. The molecule has 6 nitrogen and oxygen atoms in total. The lowest BCUT2D eigenvalue weighted by atomic mass is 10.1. The molecule has 1 saturated heterocycles. The third-order valence-electron chi connectivity index (χ3n) is 2.48. The number of carbonyl (C=O) groups is 1. The zero-order chi connectivity index (χ0) is 11.4. The summed E-state index contributed by atoms with van der Waals surface area (Å²) in [7, 11) is 0. The molecule has 0 spiro atoms. The van der Waals surface area contributed by atoms with E-state index in [4.69, 9.17) is 9.84 Å². The molecule has 0 amide bonds. The van der Waals surface area contributed by atoms with E-state index in [0.717, 1.165) is 19.6 Å². The molecule has 1 aliphatic heterocycles. The van der Waals surface area contributed by atoms with Crippen LogP contribution in [0.1, 0.15) is 16.9 Å². The van der Waals surface area contributed by atoms with Crippen molar-refractivity contribution in [2.24, 2.45) is 5.92 Å². The van der Waals surface area contributed by atoms with Crippen LogP contribution >= 0.6 is 0 Å². The van der Waals surface area contributed by atoms with E-state index >= 15 is 0 Å². The second-order valence-corrected chi connectivity index (χ2v) is 3.67. The van der Waals surface area contributed by atoms with Crippen LogP contribution in [0.25, 0.3) is 0 Å². The standard InChI is InChI=1S/C10H13N3O3/c14-10(15)8-9(12-3-2-11-8)13-5-7-1-4-16-6-7/h2-3,7H,1,4-6H2,(H,12,13)(H,14,15). The predicted octanol–water partition coefficient (Wildman–Crippen LogP) is 0.623. The molecular formula is C10H13N3O3. The first-order valence-electron chi connectivity index (χ1n) is 5.13. The van der Waals surface area contributed by atoms with Crippen molar-refractivity contribution in [2.45, 2.75) is 6.42 Å². The van der Waals surface area contributed by atoms with Crippen molar-refractivity contribution in [2.75, 3.05) is 25.1 Å². The lowest BCUT2D eigenvalue weighted by molar-refractivity contribution is 0.0691. The fourth-order valence-electron chi connectivity index (χ4n) is 1.61. The Morgan fingerprint density at radius 2 is 2.38 bits per heavy atom. The van der Waals surface area contributed by atoms with E-state index in [9.17, 15) is 4.79 Å². The van der Waals surface area contributed by atoms with Crippen molar-refractivity contribution in [1.82, 2.24) is 9.97 Å². The molecule has 0 aliphatic carbocycles. The van der Waals surface area contributed by atoms with E-state index in [-0.39, 0.29) is 5.69 Å². The average Bonchev–Trinajstić information content (AvgIpc) is 2.79. The monoisotopic (exact) mass is 223 g/mol. The molecule has 6 heteroatoms. The van der Waals surface area contributed by atoms with Crippen molar-refractivity contribution in [3.63, 3.8) is 0 Å². The molecule has 1 unspecified atom stereocenters. The molecule has 2 rings (SSSR count). The number of hydrogen-bond acceptors (Lipinski definition) is 5. The van der Waals surface area contributed by atoms with Crippen LogP contribution in [0.4, 0.5) is 5.82 Å². The minimum atomic E-state index is -1.07. The van der Waals surface area contributed by atoms with Gasteiger partial charge in [0.2, 0.25) is 0 Å². The van der Waals surface area contributed by atoms with Crippen LogP contribution in [0.15, 0.2) is 12.4 Å². The highest BCUT2D eigenvalue weighted by molar-refractivity contribution is 5.90. The van der Waals surface area contributed by atoms with Gasteiger partial charge in [-0.15, -0.1) is 0 Å². The predicted molar refractivity (Wildman–Crippen MR) is 56.4 cm³/mol. The molecule has 1 atom stereocenters. The number of carboxylic acid groups (broad SMARTS) is 1. The van der Waals surface area contributed by atoms with Gasteiger partial charge in [-0.3, -0.25) is 0 Å². The van der Waals surface area contributed by atoms with E-state index < -0.39 is 5.97 Å². The van der Waals surface area contributed by atoms with Crippen LogP contribution in [0.3, 0.4) is 0 Å². The Kier molecular flexibility index (Phi) is 3.31. The summed E-state index contributed by atoms with van der Waals surface area (Å²) in [6.45, 7) is 2.16. The van der Waals surface area contributed by atoms with E-state index in [0.29, 0.717) is 18.3 Å². The largest absolute Gasteiger partial charge is 0.476 e. The first kappa shape index (κ1) is 10.8. The number of aromatic nitrogens is 2. The molecule has 1 aromatic heterocycles. The van der Waals surface area contributed by atoms with Crippen LogP contribution in [-0.2, 0) is 4.74 Å². The van der Waals surface area contributed by atoms with E-state index in [2.05, 4.69) is 15.3 Å². The smallest absolute Gasteiger partial charge is 0.358 e. The van der Waals surface area contributed by atoms with E-state index in [1.165, 1.54) is 12.4 Å². The van der Waals surface area contributed by atoms with Gasteiger partial charge < -0.3 is 15.2 Å². The highest BCUT2D eigenvalue weighted by Crippen LogP contribution is 2.14. The molecule has 1 fully saturated rings. The summed E-state index contributed by atoms with van der Waals surface area (Å²) in [5.74, 6) is -0.330. The Hall–Kier alpha value is -1.69. The summed E-state index contributed by atoms with van der Waals surface area (Å²) in [4.78, 5) is 18.6. The molecule has 2 heterocycles. The van der Waals surface area contributed by atoms with Crippen LogP contribution in [0, 0.1) is 5.92 Å². The van der Waals surface area contributed by atoms with E-state index in [1.54, 1.807) is 0 Å². The van der Waals surface area contributed by atoms with Crippen molar-refractivity contribution in [1.29, 1.82) is 0 Å². The van der Waals surface area contributed by atoms with Gasteiger partial charge in [-0.05, 0) is 6.42 Å². The molecule has 86 valence electrons. The van der Waals surface area contributed by atoms with Crippen molar-refractivity contribution in [3.8, 4) is 0 Å². The number of ether oxygens (including phenoxy) is 1. The quantitative estimate of drug-likeness (QED) is 0.778. The minimum absolute atomic E-state index is 0.0404. The van der Waals surface area contributed by atoms with Gasteiger partial charge in [-0.2, -0.15) is 0 Å². The zero-order valence-corrected chi connectivity index (χ0v) is 8.72. The molecule has 1 aliphatic rings. The lowest BCUT2D eigenvalue weighted by Gasteiger charge is -2.10. The van der Waals surface area contributed by atoms with Crippen molar-refractivity contribution in [3.05, 3.63) is 18.1 Å². The second-order valence-electron chi connectivity index (χ2n) is 3.67. The number of carboxylic acids is 1. The SMILES string of the molecule is O=C(O)c1nccnc1NCC1CCOC1. The fourth-order valence-corrected chi connectivity index (χ4v) is 1.61. The number of nitrogens with zero attached hydrogens (tertiary/aromatic N) is 2. The Morgan fingerprint density at radius 1 is 1.56 bits per heavy atom. The number of aromatic carboxylic acids is 1. The van der Waals surface area contributed by atoms with Crippen LogP contribution in [0.2, 0.25) is 0 Å². The zero-order valence-electron chi connectivity index (χ0n) is 8.72. The molecule has 0 saturated carbocycles. The molecule has 0 radical (unpaired) electrons. The van der Waals surface area contributed by atoms with Crippen molar-refractivity contribution < 1.29 is 14.6 Å². The number of anilines is 1. The number of hydrogen-bond donors (Lipinski definition) is 2. The first-order valence-corrected chi connectivity index (χ1v) is 5.13.